The maximum atomic E-state index is 12.5. The summed E-state index contributed by atoms with van der Waals surface area (Å²) in [7, 11) is 0. The number of benzene rings is 1. The second-order valence-electron chi connectivity index (χ2n) is 6.51. The van der Waals surface area contributed by atoms with Gasteiger partial charge in [0.1, 0.15) is 6.61 Å². The lowest BCUT2D eigenvalue weighted by molar-refractivity contribution is 0.0950. The zero-order chi connectivity index (χ0) is 20.6. The number of hydrogen-bond acceptors (Lipinski definition) is 5. The summed E-state index contributed by atoms with van der Waals surface area (Å²) in [6.45, 7) is 4.50. The smallest absolute Gasteiger partial charge is 0.269 e. The first-order valence-electron chi connectivity index (χ1n) is 9.62. The summed E-state index contributed by atoms with van der Waals surface area (Å²) in [6, 6.07) is 13.1. The van der Waals surface area contributed by atoms with Crippen molar-refractivity contribution in [2.45, 2.75) is 39.8 Å². The molecule has 2 aromatic heterocycles. The van der Waals surface area contributed by atoms with Crippen LogP contribution in [-0.2, 0) is 26.0 Å². The van der Waals surface area contributed by atoms with E-state index >= 15 is 0 Å². The van der Waals surface area contributed by atoms with Crippen LogP contribution in [0.25, 0.3) is 0 Å². The number of pyridine rings is 1. The lowest BCUT2D eigenvalue weighted by atomic mass is 10.0. The number of H-pyrrole nitrogens is 1. The number of rotatable bonds is 8. The molecule has 1 amide bonds. The van der Waals surface area contributed by atoms with E-state index < -0.39 is 0 Å². The van der Waals surface area contributed by atoms with Gasteiger partial charge in [-0.1, -0.05) is 44.2 Å². The van der Waals surface area contributed by atoms with Crippen LogP contribution in [0.1, 0.15) is 46.6 Å². The van der Waals surface area contributed by atoms with E-state index in [4.69, 9.17) is 4.74 Å². The molecule has 0 aliphatic carbocycles. The highest BCUT2D eigenvalue weighted by molar-refractivity contribution is 5.93. The summed E-state index contributed by atoms with van der Waals surface area (Å²) in [5.41, 5.74) is 3.44. The Hall–Kier alpha value is -3.48. The number of carbonyl (C=O) groups is 1. The van der Waals surface area contributed by atoms with Gasteiger partial charge < -0.3 is 10.1 Å². The van der Waals surface area contributed by atoms with Crippen LogP contribution in [0.4, 0.5) is 0 Å². The molecule has 0 saturated heterocycles. The van der Waals surface area contributed by atoms with Crippen molar-refractivity contribution in [1.82, 2.24) is 20.5 Å². The predicted octanol–water partition coefficient (Wildman–Crippen LogP) is 2.80. The molecule has 0 saturated carbocycles. The normalized spacial score (nSPS) is 10.6. The van der Waals surface area contributed by atoms with Crippen molar-refractivity contribution >= 4 is 5.91 Å². The Morgan fingerprint density at radius 3 is 2.52 bits per heavy atom. The van der Waals surface area contributed by atoms with Crippen LogP contribution in [0.5, 0.6) is 5.88 Å². The summed E-state index contributed by atoms with van der Waals surface area (Å²) in [5, 5.41) is 9.39. The molecule has 1 aromatic carbocycles. The molecule has 0 aliphatic rings. The number of hydrogen-bond donors (Lipinski definition) is 2. The quantitative estimate of drug-likeness (QED) is 0.614. The van der Waals surface area contributed by atoms with Gasteiger partial charge in [-0.15, -0.1) is 0 Å². The molecule has 2 N–H and O–H groups in total. The maximum Gasteiger partial charge on any atom is 0.269 e. The first-order valence-corrected chi connectivity index (χ1v) is 9.62. The standard InChI is InChI=1S/C22H24N4O3/c1-3-17-18(22(28)26-25-19(17)4-2)13-24-21(27)16-10-11-20(23-12-16)29-14-15-8-6-5-7-9-15/h5-12H,3-4,13-14H2,1-2H3,(H,24,27)(H,26,28). The van der Waals surface area contributed by atoms with Gasteiger partial charge in [0.05, 0.1) is 11.3 Å². The Morgan fingerprint density at radius 2 is 1.86 bits per heavy atom. The topological polar surface area (TPSA) is 97.0 Å². The van der Waals surface area contributed by atoms with E-state index in [2.05, 4.69) is 20.5 Å². The molecule has 7 heteroatoms. The number of aromatic nitrogens is 3. The van der Waals surface area contributed by atoms with Crippen LogP contribution in [0.3, 0.4) is 0 Å². The maximum absolute atomic E-state index is 12.5. The Kier molecular flexibility index (Phi) is 6.73. The number of nitrogens with one attached hydrogen (secondary N) is 2. The molecule has 0 atom stereocenters. The molecule has 0 unspecified atom stereocenters. The van der Waals surface area contributed by atoms with Crippen LogP contribution in [0.15, 0.2) is 53.5 Å². The lowest BCUT2D eigenvalue weighted by Gasteiger charge is -2.11. The van der Waals surface area contributed by atoms with E-state index in [1.165, 1.54) is 6.20 Å². The molecule has 0 radical (unpaired) electrons. The van der Waals surface area contributed by atoms with Gasteiger partial charge in [-0.2, -0.15) is 5.10 Å². The largest absolute Gasteiger partial charge is 0.473 e. The average Bonchev–Trinajstić information content (AvgIpc) is 2.77. The minimum absolute atomic E-state index is 0.138. The van der Waals surface area contributed by atoms with E-state index in [-0.39, 0.29) is 18.0 Å². The van der Waals surface area contributed by atoms with Gasteiger partial charge in [-0.3, -0.25) is 9.59 Å². The number of nitrogens with zero attached hydrogens (tertiary/aromatic N) is 2. The summed E-state index contributed by atoms with van der Waals surface area (Å²) in [4.78, 5) is 28.8. The minimum atomic E-state index is -0.302. The van der Waals surface area contributed by atoms with E-state index in [0.717, 1.165) is 23.2 Å². The van der Waals surface area contributed by atoms with Crippen LogP contribution in [-0.4, -0.2) is 21.1 Å². The summed E-state index contributed by atoms with van der Waals surface area (Å²) in [6.07, 6.45) is 2.86. The first kappa shape index (κ1) is 20.3. The van der Waals surface area contributed by atoms with Crippen LogP contribution < -0.4 is 15.6 Å². The Labute approximate surface area is 169 Å². The minimum Gasteiger partial charge on any atom is -0.473 e. The van der Waals surface area contributed by atoms with Crippen molar-refractivity contribution in [1.29, 1.82) is 0 Å². The Balaban J connectivity index is 1.62. The third-order valence-electron chi connectivity index (χ3n) is 4.62. The highest BCUT2D eigenvalue weighted by Gasteiger charge is 2.14. The second kappa shape index (κ2) is 9.64. The Morgan fingerprint density at radius 1 is 1.07 bits per heavy atom. The van der Waals surface area contributed by atoms with Crippen LogP contribution in [0.2, 0.25) is 0 Å². The average molecular weight is 392 g/mol. The van der Waals surface area contributed by atoms with E-state index in [9.17, 15) is 9.59 Å². The second-order valence-corrected chi connectivity index (χ2v) is 6.51. The summed E-state index contributed by atoms with van der Waals surface area (Å²) >= 11 is 0. The summed E-state index contributed by atoms with van der Waals surface area (Å²) in [5.74, 6) is 0.139. The van der Waals surface area contributed by atoms with Gasteiger partial charge in [0, 0.05) is 24.4 Å². The highest BCUT2D eigenvalue weighted by Crippen LogP contribution is 2.12. The molecule has 0 bridgehead atoms. The zero-order valence-electron chi connectivity index (χ0n) is 16.6. The molecular weight excluding hydrogens is 368 g/mol. The van der Waals surface area contributed by atoms with Crippen molar-refractivity contribution in [2.24, 2.45) is 0 Å². The molecule has 7 nitrogen and oxygen atoms in total. The number of aromatic amines is 1. The van der Waals surface area contributed by atoms with Crippen LogP contribution in [0, 0.1) is 0 Å². The fourth-order valence-electron chi connectivity index (χ4n) is 3.06. The Bertz CT molecular complexity index is 1010. The number of ether oxygens (including phenoxy) is 1. The number of aryl methyl sites for hydroxylation is 1. The number of carbonyl (C=O) groups excluding carboxylic acids is 1. The van der Waals surface area contributed by atoms with Gasteiger partial charge in [0.15, 0.2) is 0 Å². The van der Waals surface area contributed by atoms with Crippen molar-refractivity contribution in [3.05, 3.63) is 87.0 Å². The predicted molar refractivity (Wildman–Crippen MR) is 110 cm³/mol. The highest BCUT2D eigenvalue weighted by atomic mass is 16.5. The third kappa shape index (κ3) is 5.07. The number of amides is 1. The molecule has 2 heterocycles. The fraction of sp³-hybridized carbons (Fsp3) is 0.273. The summed E-state index contributed by atoms with van der Waals surface area (Å²) < 4.78 is 5.63. The molecule has 29 heavy (non-hydrogen) atoms. The molecule has 3 rings (SSSR count). The monoisotopic (exact) mass is 392 g/mol. The van der Waals surface area contributed by atoms with Gasteiger partial charge >= 0.3 is 0 Å². The van der Waals surface area contributed by atoms with Crippen molar-refractivity contribution in [2.75, 3.05) is 0 Å². The lowest BCUT2D eigenvalue weighted by Crippen LogP contribution is -2.29. The van der Waals surface area contributed by atoms with E-state index in [1.807, 2.05) is 44.2 Å². The molecule has 3 aromatic rings. The van der Waals surface area contributed by atoms with Crippen molar-refractivity contribution < 1.29 is 9.53 Å². The first-order chi connectivity index (χ1) is 14.1. The van der Waals surface area contributed by atoms with Crippen molar-refractivity contribution in [3.63, 3.8) is 0 Å². The van der Waals surface area contributed by atoms with E-state index in [1.54, 1.807) is 12.1 Å². The molecular formula is C22H24N4O3. The van der Waals surface area contributed by atoms with Gasteiger partial charge in [0.25, 0.3) is 11.5 Å². The SMILES string of the molecule is CCc1n[nH]c(=O)c(CNC(=O)c2ccc(OCc3ccccc3)nc2)c1CC. The molecule has 0 aliphatic heterocycles. The van der Waals surface area contributed by atoms with Crippen LogP contribution >= 0.6 is 0 Å². The van der Waals surface area contributed by atoms with Crippen molar-refractivity contribution in [3.8, 4) is 5.88 Å². The molecule has 0 fully saturated rings. The molecule has 150 valence electrons. The zero-order valence-corrected chi connectivity index (χ0v) is 16.6. The third-order valence-corrected chi connectivity index (χ3v) is 4.62. The van der Waals surface area contributed by atoms with E-state index in [0.29, 0.717) is 30.0 Å². The fourth-order valence-corrected chi connectivity index (χ4v) is 3.06. The molecule has 0 spiro atoms. The van der Waals surface area contributed by atoms with Gasteiger partial charge in [-0.25, -0.2) is 10.1 Å². The van der Waals surface area contributed by atoms with Gasteiger partial charge in [-0.05, 0) is 30.0 Å². The van der Waals surface area contributed by atoms with Gasteiger partial charge in [0.2, 0.25) is 5.88 Å².